The summed E-state index contributed by atoms with van der Waals surface area (Å²) in [4.78, 5) is 36.9. The first kappa shape index (κ1) is 25.0. The molecule has 34 heavy (non-hydrogen) atoms. The number of phenolic OH excluding ortho intramolecular Hbond substituents is 1. The van der Waals surface area contributed by atoms with Crippen LogP contribution >= 0.6 is 0 Å². The molecule has 0 fully saturated rings. The number of benzene rings is 2. The normalized spacial score (nSPS) is 10.9. The molecule has 180 valence electrons. The molecule has 0 atom stereocenters. The van der Waals surface area contributed by atoms with Crippen molar-refractivity contribution in [1.82, 2.24) is 0 Å². The van der Waals surface area contributed by atoms with Gasteiger partial charge in [-0.2, -0.15) is 0 Å². The molecule has 1 N–H and O–H groups in total. The van der Waals surface area contributed by atoms with Crippen molar-refractivity contribution in [2.24, 2.45) is 0 Å². The molecule has 0 saturated heterocycles. The predicted octanol–water partition coefficient (Wildman–Crippen LogP) is 6.14. The highest BCUT2D eigenvalue weighted by Gasteiger charge is 2.16. The van der Waals surface area contributed by atoms with Crippen molar-refractivity contribution in [3.8, 4) is 28.6 Å². The highest BCUT2D eigenvalue weighted by atomic mass is 16.5. The Hall–Kier alpha value is -3.61. The molecular weight excluding hydrogens is 436 g/mol. The topological polar surface area (TPSA) is 103 Å². The van der Waals surface area contributed by atoms with E-state index < -0.39 is 11.4 Å². The Balaban J connectivity index is 1.81. The van der Waals surface area contributed by atoms with Gasteiger partial charge in [0.05, 0.1) is 0 Å². The lowest BCUT2D eigenvalue weighted by Gasteiger charge is -2.10. The van der Waals surface area contributed by atoms with Gasteiger partial charge in [-0.25, -0.2) is 0 Å². The van der Waals surface area contributed by atoms with Gasteiger partial charge < -0.3 is 19.0 Å². The third-order valence-corrected chi connectivity index (χ3v) is 5.34. The molecule has 1 heterocycles. The second-order valence-corrected chi connectivity index (χ2v) is 8.18. The van der Waals surface area contributed by atoms with Crippen LogP contribution in [0, 0.1) is 0 Å². The van der Waals surface area contributed by atoms with E-state index in [2.05, 4.69) is 6.92 Å². The Morgan fingerprint density at radius 2 is 1.47 bits per heavy atom. The van der Waals surface area contributed by atoms with Crippen LogP contribution in [0.3, 0.4) is 0 Å². The van der Waals surface area contributed by atoms with Crippen LogP contribution in [0.1, 0.15) is 65.2 Å². The molecule has 0 aliphatic carbocycles. The average molecular weight is 467 g/mol. The van der Waals surface area contributed by atoms with Crippen LogP contribution in [0.2, 0.25) is 0 Å². The number of rotatable bonds is 11. The van der Waals surface area contributed by atoms with E-state index in [0.29, 0.717) is 24.2 Å². The number of fused-ring (bicyclic) bond motifs is 1. The lowest BCUT2D eigenvalue weighted by Crippen LogP contribution is -2.10. The fourth-order valence-electron chi connectivity index (χ4n) is 3.54. The number of carbonyl (C=O) groups is 2. The molecule has 2 aromatic carbocycles. The van der Waals surface area contributed by atoms with Gasteiger partial charge in [-0.05, 0) is 37.1 Å². The summed E-state index contributed by atoms with van der Waals surface area (Å²) in [5.74, 6) is -0.293. The molecule has 0 amide bonds. The van der Waals surface area contributed by atoms with E-state index in [9.17, 15) is 19.5 Å². The molecule has 1 aromatic heterocycles. The lowest BCUT2D eigenvalue weighted by molar-refractivity contribution is -0.135. The van der Waals surface area contributed by atoms with Gasteiger partial charge >= 0.3 is 11.9 Å². The van der Waals surface area contributed by atoms with E-state index in [1.165, 1.54) is 18.2 Å². The molecule has 3 aromatic rings. The van der Waals surface area contributed by atoms with Crippen LogP contribution < -0.4 is 14.9 Å². The lowest BCUT2D eigenvalue weighted by atomic mass is 10.1. The van der Waals surface area contributed by atoms with Gasteiger partial charge in [-0.15, -0.1) is 0 Å². The van der Waals surface area contributed by atoms with Gasteiger partial charge in [0.25, 0.3) is 0 Å². The highest BCUT2D eigenvalue weighted by molar-refractivity contribution is 5.89. The number of hydrogen-bond donors (Lipinski definition) is 1. The number of unbranched alkanes of at least 4 members (excludes halogenated alkanes) is 4. The minimum atomic E-state index is -0.469. The number of hydrogen-bond acceptors (Lipinski definition) is 7. The minimum absolute atomic E-state index is 0.0258. The molecule has 7 nitrogen and oxygen atoms in total. The van der Waals surface area contributed by atoms with Crippen LogP contribution in [0.25, 0.3) is 22.3 Å². The summed E-state index contributed by atoms with van der Waals surface area (Å²) in [5, 5.41) is 10.2. The molecule has 3 rings (SSSR count). The molecule has 0 bridgehead atoms. The zero-order chi connectivity index (χ0) is 24.5. The molecule has 0 aliphatic heterocycles. The van der Waals surface area contributed by atoms with Gasteiger partial charge in [0.15, 0.2) is 5.43 Å². The van der Waals surface area contributed by atoms with E-state index in [-0.39, 0.29) is 40.6 Å². The van der Waals surface area contributed by atoms with Crippen LogP contribution in [0.15, 0.2) is 51.7 Å². The van der Waals surface area contributed by atoms with Crippen molar-refractivity contribution in [2.75, 3.05) is 0 Å². The second kappa shape index (κ2) is 12.0. The summed E-state index contributed by atoms with van der Waals surface area (Å²) in [6.45, 7) is 4.10. The first-order valence-corrected chi connectivity index (χ1v) is 11.7. The monoisotopic (exact) mass is 466 g/mol. The van der Waals surface area contributed by atoms with Crippen molar-refractivity contribution in [3.05, 3.63) is 52.7 Å². The fourth-order valence-corrected chi connectivity index (χ4v) is 3.54. The van der Waals surface area contributed by atoms with Crippen molar-refractivity contribution in [1.29, 1.82) is 0 Å². The standard InChI is InChI=1S/C27H30O7/c1-3-5-7-9-25(30)32-20-13-11-18(12-14-20)22-17-21(29)27-23(33-22)15-19(28)16-24(27)34-26(31)10-8-6-4-2/h11-17,28H,3-10H2,1-2H3. The van der Waals surface area contributed by atoms with Crippen molar-refractivity contribution >= 4 is 22.9 Å². The smallest absolute Gasteiger partial charge is 0.311 e. The van der Waals surface area contributed by atoms with Crippen LogP contribution in [-0.2, 0) is 9.59 Å². The molecular formula is C27H30O7. The van der Waals surface area contributed by atoms with Gasteiger partial charge in [-0.1, -0.05) is 39.5 Å². The molecule has 0 saturated carbocycles. The molecule has 0 aliphatic rings. The second-order valence-electron chi connectivity index (χ2n) is 8.18. The van der Waals surface area contributed by atoms with E-state index >= 15 is 0 Å². The molecule has 0 spiro atoms. The molecule has 0 unspecified atom stereocenters. The summed E-state index contributed by atoms with van der Waals surface area (Å²) < 4.78 is 16.6. The van der Waals surface area contributed by atoms with Crippen molar-refractivity contribution < 1.29 is 28.6 Å². The summed E-state index contributed by atoms with van der Waals surface area (Å²) >= 11 is 0. The highest BCUT2D eigenvalue weighted by Crippen LogP contribution is 2.32. The number of ether oxygens (including phenoxy) is 2. The average Bonchev–Trinajstić information content (AvgIpc) is 2.79. The first-order chi connectivity index (χ1) is 16.4. The zero-order valence-electron chi connectivity index (χ0n) is 19.6. The zero-order valence-corrected chi connectivity index (χ0v) is 19.6. The van der Waals surface area contributed by atoms with Crippen LogP contribution in [0.4, 0.5) is 0 Å². The summed E-state index contributed by atoms with van der Waals surface area (Å²) in [6.07, 6.45) is 5.95. The fraction of sp³-hybridized carbons (Fsp3) is 0.370. The maximum atomic E-state index is 12.9. The first-order valence-electron chi connectivity index (χ1n) is 11.7. The van der Waals surface area contributed by atoms with Crippen LogP contribution in [0.5, 0.6) is 17.2 Å². The summed E-state index contributed by atoms with van der Waals surface area (Å²) in [7, 11) is 0. The predicted molar refractivity (Wildman–Crippen MR) is 129 cm³/mol. The Bertz CT molecular complexity index is 1190. The van der Waals surface area contributed by atoms with Gasteiger partial charge in [0, 0.05) is 36.6 Å². The third-order valence-electron chi connectivity index (χ3n) is 5.34. The number of carbonyl (C=O) groups excluding carboxylic acids is 2. The Morgan fingerprint density at radius 1 is 0.853 bits per heavy atom. The molecule has 7 heteroatoms. The van der Waals surface area contributed by atoms with E-state index in [1.807, 2.05) is 6.92 Å². The number of aromatic hydroxyl groups is 1. The Labute approximate surface area is 198 Å². The largest absolute Gasteiger partial charge is 0.508 e. The van der Waals surface area contributed by atoms with Crippen molar-refractivity contribution in [2.45, 2.75) is 65.2 Å². The van der Waals surface area contributed by atoms with Crippen molar-refractivity contribution in [3.63, 3.8) is 0 Å². The SMILES string of the molecule is CCCCCC(=O)Oc1ccc(-c2cc(=O)c3c(OC(=O)CCCCC)cc(O)cc3o2)cc1. The number of phenols is 1. The van der Waals surface area contributed by atoms with E-state index in [0.717, 1.165) is 32.1 Å². The summed E-state index contributed by atoms with van der Waals surface area (Å²) in [5.41, 5.74) is 0.288. The maximum absolute atomic E-state index is 12.9. The van der Waals surface area contributed by atoms with Gasteiger partial charge in [0.1, 0.15) is 34.0 Å². The Morgan fingerprint density at radius 3 is 2.09 bits per heavy atom. The number of esters is 2. The van der Waals surface area contributed by atoms with Crippen LogP contribution in [-0.4, -0.2) is 17.0 Å². The third kappa shape index (κ3) is 6.70. The van der Waals surface area contributed by atoms with E-state index in [4.69, 9.17) is 13.9 Å². The minimum Gasteiger partial charge on any atom is -0.508 e. The maximum Gasteiger partial charge on any atom is 0.311 e. The van der Waals surface area contributed by atoms with Gasteiger partial charge in [-0.3, -0.25) is 14.4 Å². The Kier molecular flexibility index (Phi) is 8.85. The summed E-state index contributed by atoms with van der Waals surface area (Å²) in [6, 6.07) is 10.5. The van der Waals surface area contributed by atoms with Gasteiger partial charge in [0.2, 0.25) is 0 Å². The van der Waals surface area contributed by atoms with E-state index in [1.54, 1.807) is 24.3 Å². The molecule has 0 radical (unpaired) electrons. The quantitative estimate of drug-likeness (QED) is 0.206.